The number of unbranched alkanes of at least 4 members (excludes halogenated alkanes) is 1. The fraction of sp³-hybridized carbons (Fsp3) is 0.917. The monoisotopic (exact) mass is 230 g/mol. The van der Waals surface area contributed by atoms with Crippen LogP contribution < -0.4 is 10.6 Å². The minimum Gasteiger partial charge on any atom is -0.395 e. The van der Waals surface area contributed by atoms with Crippen molar-refractivity contribution in [1.82, 2.24) is 10.6 Å². The third-order valence-corrected chi connectivity index (χ3v) is 2.38. The van der Waals surface area contributed by atoms with Gasteiger partial charge in [0.25, 0.3) is 0 Å². The Kier molecular flexibility index (Phi) is 9.24. The smallest absolute Gasteiger partial charge is 0.233 e. The van der Waals surface area contributed by atoms with E-state index >= 15 is 0 Å². The number of carbonyl (C=O) groups is 1. The van der Waals surface area contributed by atoms with Gasteiger partial charge in [-0.05, 0) is 18.8 Å². The average Bonchev–Trinajstić information content (AvgIpc) is 2.24. The van der Waals surface area contributed by atoms with Crippen LogP contribution in [0.15, 0.2) is 0 Å². The summed E-state index contributed by atoms with van der Waals surface area (Å²) < 4.78 is 0. The van der Waals surface area contributed by atoms with Crippen molar-refractivity contribution in [3.05, 3.63) is 0 Å². The number of amides is 1. The minimum absolute atomic E-state index is 0.00987. The zero-order valence-corrected chi connectivity index (χ0v) is 10.8. The van der Waals surface area contributed by atoms with Crippen LogP contribution in [0, 0.1) is 5.92 Å². The van der Waals surface area contributed by atoms with Gasteiger partial charge in [-0.3, -0.25) is 4.79 Å². The summed E-state index contributed by atoms with van der Waals surface area (Å²) >= 11 is 0. The Labute approximate surface area is 98.8 Å². The van der Waals surface area contributed by atoms with Crippen molar-refractivity contribution in [3.8, 4) is 0 Å². The van der Waals surface area contributed by atoms with E-state index in [1.54, 1.807) is 0 Å². The molecular weight excluding hydrogens is 204 g/mol. The number of hydrogen-bond donors (Lipinski definition) is 3. The van der Waals surface area contributed by atoms with E-state index < -0.39 is 0 Å². The van der Waals surface area contributed by atoms with Crippen LogP contribution in [0.4, 0.5) is 0 Å². The van der Waals surface area contributed by atoms with Gasteiger partial charge in [-0.25, -0.2) is 0 Å². The molecule has 3 N–H and O–H groups in total. The summed E-state index contributed by atoms with van der Waals surface area (Å²) in [5.41, 5.74) is 0. The van der Waals surface area contributed by atoms with Gasteiger partial charge in [0.05, 0.1) is 13.2 Å². The summed E-state index contributed by atoms with van der Waals surface area (Å²) in [6, 6.07) is 0.0249. The number of carbonyl (C=O) groups excluding carboxylic acids is 1. The predicted molar refractivity (Wildman–Crippen MR) is 66.2 cm³/mol. The highest BCUT2D eigenvalue weighted by atomic mass is 16.3. The summed E-state index contributed by atoms with van der Waals surface area (Å²) in [6.07, 6.45) is 2.99. The highest BCUT2D eigenvalue weighted by Gasteiger charge is 2.10. The molecule has 0 saturated carbocycles. The number of hydrogen-bond acceptors (Lipinski definition) is 3. The van der Waals surface area contributed by atoms with E-state index in [0.717, 1.165) is 25.8 Å². The van der Waals surface area contributed by atoms with Crippen LogP contribution in [-0.4, -0.2) is 36.8 Å². The lowest BCUT2D eigenvalue weighted by molar-refractivity contribution is -0.120. The van der Waals surface area contributed by atoms with Gasteiger partial charge in [0.2, 0.25) is 5.91 Å². The van der Waals surface area contributed by atoms with E-state index in [0.29, 0.717) is 12.5 Å². The Bertz CT molecular complexity index is 184. The molecule has 4 heteroatoms. The van der Waals surface area contributed by atoms with Gasteiger partial charge in [-0.1, -0.05) is 27.2 Å². The topological polar surface area (TPSA) is 61.4 Å². The molecule has 4 nitrogen and oxygen atoms in total. The molecule has 0 bridgehead atoms. The number of aliphatic hydroxyl groups is 1. The van der Waals surface area contributed by atoms with Crippen LogP contribution in [0.2, 0.25) is 0 Å². The molecule has 0 aromatic rings. The lowest BCUT2D eigenvalue weighted by Crippen LogP contribution is -2.41. The highest BCUT2D eigenvalue weighted by molar-refractivity contribution is 5.77. The molecule has 0 radical (unpaired) electrons. The van der Waals surface area contributed by atoms with E-state index in [4.69, 9.17) is 5.11 Å². The summed E-state index contributed by atoms with van der Waals surface area (Å²) in [5, 5.41) is 15.0. The van der Waals surface area contributed by atoms with Gasteiger partial charge in [0, 0.05) is 12.6 Å². The molecule has 0 aromatic carbocycles. The first kappa shape index (κ1) is 15.4. The summed E-state index contributed by atoms with van der Waals surface area (Å²) in [6.45, 7) is 7.42. The quantitative estimate of drug-likeness (QED) is 0.516. The van der Waals surface area contributed by atoms with E-state index in [1.807, 2.05) is 0 Å². The molecule has 1 unspecified atom stereocenters. The summed E-state index contributed by atoms with van der Waals surface area (Å²) in [5.74, 6) is 0.531. The van der Waals surface area contributed by atoms with E-state index in [-0.39, 0.29) is 18.6 Å². The minimum atomic E-state index is 0.00987. The molecule has 0 aliphatic rings. The molecular formula is C12H26N2O2. The third-order valence-electron chi connectivity index (χ3n) is 2.38. The number of aliphatic hydroxyl groups excluding tert-OH is 1. The first-order valence-electron chi connectivity index (χ1n) is 6.21. The zero-order valence-electron chi connectivity index (χ0n) is 10.8. The number of nitrogens with one attached hydrogen (secondary N) is 2. The van der Waals surface area contributed by atoms with Gasteiger partial charge in [0.1, 0.15) is 0 Å². The second-order valence-electron chi connectivity index (χ2n) is 4.59. The van der Waals surface area contributed by atoms with Crippen LogP contribution in [0.25, 0.3) is 0 Å². The van der Waals surface area contributed by atoms with Gasteiger partial charge < -0.3 is 15.7 Å². The first-order valence-corrected chi connectivity index (χ1v) is 6.21. The van der Waals surface area contributed by atoms with Crippen molar-refractivity contribution < 1.29 is 9.90 Å². The van der Waals surface area contributed by atoms with E-state index in [2.05, 4.69) is 31.4 Å². The maximum absolute atomic E-state index is 11.4. The second kappa shape index (κ2) is 9.60. The maximum atomic E-state index is 11.4. The predicted octanol–water partition coefficient (Wildman–Crippen LogP) is 0.899. The lowest BCUT2D eigenvalue weighted by Gasteiger charge is -2.17. The van der Waals surface area contributed by atoms with Crippen molar-refractivity contribution in [2.75, 3.05) is 19.7 Å². The first-order chi connectivity index (χ1) is 7.60. The fourth-order valence-electron chi connectivity index (χ4n) is 1.50. The molecule has 0 aromatic heterocycles. The summed E-state index contributed by atoms with van der Waals surface area (Å²) in [7, 11) is 0. The fourth-order valence-corrected chi connectivity index (χ4v) is 1.50. The van der Waals surface area contributed by atoms with Crippen LogP contribution in [0.3, 0.4) is 0 Å². The van der Waals surface area contributed by atoms with Crippen LogP contribution >= 0.6 is 0 Å². The third kappa shape index (κ3) is 8.68. The van der Waals surface area contributed by atoms with Gasteiger partial charge >= 0.3 is 0 Å². The van der Waals surface area contributed by atoms with Crippen molar-refractivity contribution >= 4 is 5.91 Å². The maximum Gasteiger partial charge on any atom is 0.233 e. The Hall–Kier alpha value is -0.610. The largest absolute Gasteiger partial charge is 0.395 e. The van der Waals surface area contributed by atoms with Crippen LogP contribution in [0.5, 0.6) is 0 Å². The van der Waals surface area contributed by atoms with Crippen molar-refractivity contribution in [2.24, 2.45) is 5.92 Å². The molecule has 0 aliphatic heterocycles. The van der Waals surface area contributed by atoms with Crippen molar-refractivity contribution in [3.63, 3.8) is 0 Å². The molecule has 0 fully saturated rings. The molecule has 1 atom stereocenters. The van der Waals surface area contributed by atoms with Crippen LogP contribution in [0.1, 0.15) is 40.0 Å². The normalized spacial score (nSPS) is 12.8. The Morgan fingerprint density at radius 2 is 2.06 bits per heavy atom. The second-order valence-corrected chi connectivity index (χ2v) is 4.59. The molecule has 1 amide bonds. The number of rotatable bonds is 9. The van der Waals surface area contributed by atoms with Crippen molar-refractivity contribution in [1.29, 1.82) is 0 Å². The van der Waals surface area contributed by atoms with Gasteiger partial charge in [-0.2, -0.15) is 0 Å². The molecule has 0 heterocycles. The zero-order chi connectivity index (χ0) is 12.4. The van der Waals surface area contributed by atoms with Gasteiger partial charge in [0.15, 0.2) is 0 Å². The van der Waals surface area contributed by atoms with E-state index in [9.17, 15) is 4.79 Å². The molecule has 0 saturated heterocycles. The Balaban J connectivity index is 3.62. The Morgan fingerprint density at radius 3 is 2.56 bits per heavy atom. The molecule has 96 valence electrons. The lowest BCUT2D eigenvalue weighted by atomic mass is 10.0. The molecule has 16 heavy (non-hydrogen) atoms. The Morgan fingerprint density at radius 1 is 1.38 bits per heavy atom. The highest BCUT2D eigenvalue weighted by Crippen LogP contribution is 2.03. The molecule has 0 spiro atoms. The van der Waals surface area contributed by atoms with Gasteiger partial charge in [-0.15, -0.1) is 0 Å². The standard InChI is InChI=1S/C12H26N2O2/c1-4-5-6-13-12(16)8-14-11(9-15)7-10(2)3/h10-11,14-15H,4-9H2,1-3H3,(H,13,16). The summed E-state index contributed by atoms with van der Waals surface area (Å²) in [4.78, 5) is 11.4. The van der Waals surface area contributed by atoms with Crippen LogP contribution in [-0.2, 0) is 4.79 Å². The SMILES string of the molecule is CCCCNC(=O)CNC(CO)CC(C)C. The van der Waals surface area contributed by atoms with E-state index in [1.165, 1.54) is 0 Å². The average molecular weight is 230 g/mol. The molecule has 0 rings (SSSR count). The molecule has 0 aliphatic carbocycles. The van der Waals surface area contributed by atoms with Crippen molar-refractivity contribution in [2.45, 2.75) is 46.1 Å².